The molecular weight excluding hydrogens is 733 g/mol. The van der Waals surface area contributed by atoms with Crippen LogP contribution in [0.25, 0.3) is 11.2 Å². The number of hydrogen-bond donors (Lipinski definition) is 10. The molecule has 1 saturated heterocycles. The lowest BCUT2D eigenvalue weighted by molar-refractivity contribution is -0.146. The number of aliphatic hydroxyl groups excluding tert-OH is 2. The van der Waals surface area contributed by atoms with Crippen molar-refractivity contribution in [2.45, 2.75) is 30.6 Å². The van der Waals surface area contributed by atoms with Gasteiger partial charge in [0.15, 0.2) is 23.8 Å². The molecule has 0 spiro atoms. The molecule has 256 valence electrons. The Morgan fingerprint density at radius 2 is 1.51 bits per heavy atom. The largest absolute Gasteiger partial charge is 0.527 e. The van der Waals surface area contributed by atoms with Gasteiger partial charge in [-0.2, -0.15) is 8.62 Å². The molecule has 2 aromatic rings. The Morgan fingerprint density at radius 3 is 2.11 bits per heavy atom. The summed E-state index contributed by atoms with van der Waals surface area (Å²) >= 11 is 0. The van der Waals surface area contributed by atoms with Crippen molar-refractivity contribution < 1.29 is 104 Å². The third-order valence-electron chi connectivity index (χ3n) is 4.94. The lowest BCUT2D eigenvalue weighted by Gasteiger charge is -2.22. The summed E-state index contributed by atoms with van der Waals surface area (Å²) in [5, 5.41) is 20.7. The number of carbonyl (C=O) groups is 1. The van der Waals surface area contributed by atoms with Gasteiger partial charge in [-0.3, -0.25) is 27.9 Å². The van der Waals surface area contributed by atoms with Crippen molar-refractivity contribution in [2.24, 2.45) is 0 Å². The maximum atomic E-state index is 12.3. The number of carbonyl (C=O) groups excluding carboxylic acids is 1. The van der Waals surface area contributed by atoms with Crippen LogP contribution in [0.2, 0.25) is 0 Å². The Bertz CT molecular complexity index is 1640. The molecule has 0 saturated carbocycles. The van der Waals surface area contributed by atoms with E-state index in [1.54, 1.807) is 0 Å². The molecule has 1 aliphatic heterocycles. The van der Waals surface area contributed by atoms with Crippen LogP contribution in [0.5, 0.6) is 0 Å². The van der Waals surface area contributed by atoms with Gasteiger partial charge < -0.3 is 49.7 Å². The zero-order valence-electron chi connectivity index (χ0n) is 21.4. The van der Waals surface area contributed by atoms with Crippen molar-refractivity contribution in [3.05, 3.63) is 12.7 Å². The summed E-state index contributed by atoms with van der Waals surface area (Å²) in [6, 6.07) is 0. The number of nitrogen functional groups attached to an aromatic ring is 1. The molecule has 45 heavy (non-hydrogen) atoms. The number of ether oxygens (including phenoxy) is 1. The van der Waals surface area contributed by atoms with Gasteiger partial charge in [-0.1, -0.05) is 0 Å². The summed E-state index contributed by atoms with van der Waals surface area (Å²) < 4.78 is 87.9. The molecule has 3 rings (SSSR count). The molecule has 32 heteroatoms. The number of nitrogens with zero attached hydrogens (tertiary/aromatic N) is 4. The predicted molar refractivity (Wildman–Crippen MR) is 134 cm³/mol. The number of phosphoric ester groups is 4. The summed E-state index contributed by atoms with van der Waals surface area (Å²) in [5.41, 5.74) is 5.85. The van der Waals surface area contributed by atoms with Gasteiger partial charge in [-0.25, -0.2) is 42.6 Å². The summed E-state index contributed by atoms with van der Waals surface area (Å²) in [5.74, 6) is -2.35. The van der Waals surface area contributed by atoms with Crippen molar-refractivity contribution in [1.29, 1.82) is 0 Å². The first kappa shape index (κ1) is 37.8. The van der Waals surface area contributed by atoms with E-state index in [0.717, 1.165) is 17.2 Å². The number of aromatic nitrogens is 4. The Kier molecular flexibility index (Phi) is 11.6. The van der Waals surface area contributed by atoms with E-state index in [9.17, 15) is 52.5 Å². The minimum absolute atomic E-state index is 0.0305. The van der Waals surface area contributed by atoms with E-state index in [1.165, 1.54) is 0 Å². The van der Waals surface area contributed by atoms with E-state index in [2.05, 4.69) is 41.7 Å². The standard InChI is InChI=1S/C13H22N5O22P5/c14-10-7-11(16-3-15-10)18(4-17-7)12-9(20)8(19)5(36-12)1-34-43(28,29)40-44(30,31)35-2-6(13(21)38-41(22,23)24)37-45(32,33)39-42(25,26)27/h3-6,8-9,12,19-20H,1-2H2,(H,28,29)(H,30,31)(H,32,33)(H2,14,15,16)(H2,22,23,24)(H2,25,26,27)/t5-,6?,8-,9-,12-/m1/s1. The van der Waals surface area contributed by atoms with Crippen LogP contribution in [-0.4, -0.2) is 108 Å². The second kappa shape index (κ2) is 13.8. The van der Waals surface area contributed by atoms with E-state index in [4.69, 9.17) is 30.0 Å². The highest BCUT2D eigenvalue weighted by Crippen LogP contribution is 2.62. The molecule has 1 aliphatic rings. The quantitative estimate of drug-likeness (QED) is 0.0840. The van der Waals surface area contributed by atoms with Crippen molar-refractivity contribution in [3.63, 3.8) is 0 Å². The summed E-state index contributed by atoms with van der Waals surface area (Å²) in [4.78, 5) is 87.2. The first-order valence-corrected chi connectivity index (χ1v) is 18.6. The van der Waals surface area contributed by atoms with Crippen LogP contribution < -0.4 is 5.73 Å². The van der Waals surface area contributed by atoms with Crippen molar-refractivity contribution >= 4 is 62.1 Å². The highest BCUT2D eigenvalue weighted by atomic mass is 31.3. The fourth-order valence-corrected chi connectivity index (χ4v) is 7.42. The first-order valence-electron chi connectivity index (χ1n) is 11.1. The van der Waals surface area contributed by atoms with Gasteiger partial charge in [0.25, 0.3) is 0 Å². The summed E-state index contributed by atoms with van der Waals surface area (Å²) in [6.07, 6.45) is -7.36. The van der Waals surface area contributed by atoms with Crippen LogP contribution in [0.3, 0.4) is 0 Å². The number of fused-ring (bicyclic) bond motifs is 1. The second-order valence-electron chi connectivity index (χ2n) is 8.28. The maximum absolute atomic E-state index is 12.3. The fraction of sp³-hybridized carbons (Fsp3) is 0.538. The third kappa shape index (κ3) is 11.0. The normalized spacial score (nSPS) is 25.7. The zero-order valence-corrected chi connectivity index (χ0v) is 25.9. The van der Waals surface area contributed by atoms with Gasteiger partial charge in [0.05, 0.1) is 19.5 Å². The molecule has 11 N–H and O–H groups in total. The van der Waals surface area contributed by atoms with Gasteiger partial charge in [0.2, 0.25) is 0 Å². The number of anilines is 1. The van der Waals surface area contributed by atoms with Crippen molar-refractivity contribution in [2.75, 3.05) is 18.9 Å². The number of hydrogen-bond acceptors (Lipinski definition) is 19. The molecule has 1 fully saturated rings. The Morgan fingerprint density at radius 1 is 0.889 bits per heavy atom. The molecule has 27 nitrogen and oxygen atoms in total. The van der Waals surface area contributed by atoms with E-state index in [-0.39, 0.29) is 17.0 Å². The van der Waals surface area contributed by atoms with Crippen LogP contribution in [0.15, 0.2) is 12.7 Å². The molecule has 0 radical (unpaired) electrons. The number of phosphoric acid groups is 5. The number of rotatable bonds is 15. The number of imidazole rings is 1. The number of nitrogens with two attached hydrogens (primary N) is 1. The van der Waals surface area contributed by atoms with Gasteiger partial charge in [0.1, 0.15) is 30.2 Å². The third-order valence-corrected chi connectivity index (χ3v) is 10.2. The maximum Gasteiger partial charge on any atom is 0.527 e. The molecule has 4 unspecified atom stereocenters. The van der Waals surface area contributed by atoms with Gasteiger partial charge >= 0.3 is 45.1 Å². The molecule has 0 amide bonds. The summed E-state index contributed by atoms with van der Waals surface area (Å²) in [7, 11) is -29.2. The van der Waals surface area contributed by atoms with Crippen LogP contribution in [-0.2, 0) is 59.1 Å². The molecule has 3 heterocycles. The predicted octanol–water partition coefficient (Wildman–Crippen LogP) is -2.49. The van der Waals surface area contributed by atoms with Gasteiger partial charge in [0, 0.05) is 0 Å². The molecule has 8 atom stereocenters. The van der Waals surface area contributed by atoms with E-state index < -0.39 is 88.9 Å². The topological polar surface area (TPSA) is 419 Å². The van der Waals surface area contributed by atoms with E-state index in [0.29, 0.717) is 0 Å². The van der Waals surface area contributed by atoms with E-state index >= 15 is 0 Å². The van der Waals surface area contributed by atoms with E-state index in [1.807, 2.05) is 0 Å². The summed E-state index contributed by atoms with van der Waals surface area (Å²) in [6.45, 7) is -2.99. The van der Waals surface area contributed by atoms with Crippen molar-refractivity contribution in [1.82, 2.24) is 19.5 Å². The lowest BCUT2D eigenvalue weighted by atomic mass is 10.1. The average Bonchev–Trinajstić information content (AvgIpc) is 3.39. The minimum Gasteiger partial charge on any atom is -0.387 e. The zero-order chi connectivity index (χ0) is 34.2. The number of aliphatic hydroxyl groups is 2. The second-order valence-corrected chi connectivity index (χ2v) is 15.3. The van der Waals surface area contributed by atoms with Crippen LogP contribution in [0, 0.1) is 0 Å². The molecular formula is C13H22N5O22P5. The fourth-order valence-electron chi connectivity index (χ4n) is 3.29. The van der Waals surface area contributed by atoms with Gasteiger partial charge in [-0.15, -0.1) is 0 Å². The van der Waals surface area contributed by atoms with Gasteiger partial charge in [-0.05, 0) is 0 Å². The molecule has 0 aliphatic carbocycles. The Balaban J connectivity index is 1.65. The Labute approximate surface area is 247 Å². The van der Waals surface area contributed by atoms with Crippen LogP contribution in [0.1, 0.15) is 6.23 Å². The average molecular weight is 755 g/mol. The van der Waals surface area contributed by atoms with Crippen LogP contribution in [0.4, 0.5) is 5.82 Å². The first-order chi connectivity index (χ1) is 20.4. The lowest BCUT2D eigenvalue weighted by Crippen LogP contribution is -2.33. The van der Waals surface area contributed by atoms with Crippen molar-refractivity contribution in [3.8, 4) is 0 Å². The molecule has 2 aromatic heterocycles. The van der Waals surface area contributed by atoms with Crippen LogP contribution >= 0.6 is 39.1 Å². The highest BCUT2D eigenvalue weighted by Gasteiger charge is 2.47. The molecule has 0 bridgehead atoms. The SMILES string of the molecule is Nc1ncnc2c1ncn2[C@@H]1O[C@H](COP(=O)(O)OP(=O)(O)OCC(OP(=O)(O)OP(=O)(O)O)C(=O)OP(=O)(O)O)[C@@H](O)[C@H]1O. The minimum atomic E-state index is -6.00. The smallest absolute Gasteiger partial charge is 0.387 e. The highest BCUT2D eigenvalue weighted by molar-refractivity contribution is 7.61. The monoisotopic (exact) mass is 755 g/mol. The Hall–Kier alpha value is -1.63. The molecule has 0 aromatic carbocycles.